The molecule has 0 aliphatic heterocycles. The van der Waals surface area contributed by atoms with E-state index in [9.17, 15) is 0 Å². The Morgan fingerprint density at radius 3 is 1.38 bits per heavy atom. The Hall–Kier alpha value is -8.00. The topological polar surface area (TPSA) is 3.24 Å². The number of anilines is 3. The van der Waals surface area contributed by atoms with E-state index in [0.717, 1.165) is 17.1 Å². The van der Waals surface area contributed by atoms with E-state index in [1.165, 1.54) is 89.0 Å². The molecule has 0 aromatic heterocycles. The normalized spacial score (nSPS) is 13.6. The average Bonchev–Trinajstić information content (AvgIpc) is 3.80. The summed E-state index contributed by atoms with van der Waals surface area (Å²) in [5.41, 5.74) is 23.0. The molecular weight excluding hydrogens is 783 g/mol. The lowest BCUT2D eigenvalue weighted by molar-refractivity contribution is 0.660. The predicted molar refractivity (Wildman–Crippen MR) is 272 cm³/mol. The second kappa shape index (κ2) is 15.4. The minimum absolute atomic E-state index is 0.145. The van der Waals surface area contributed by atoms with Gasteiger partial charge in [0.1, 0.15) is 0 Å². The Labute approximate surface area is 382 Å². The van der Waals surface area contributed by atoms with Gasteiger partial charge in [-0.05, 0) is 120 Å². The number of fused-ring (bicyclic) bond motifs is 6. The molecular formula is C64H47N. The van der Waals surface area contributed by atoms with Crippen LogP contribution in [0.2, 0.25) is 0 Å². The molecule has 0 saturated heterocycles. The molecule has 308 valence electrons. The number of hydrogen-bond acceptors (Lipinski definition) is 1. The standard InChI is InChI=1S/C64H47N/c1-63(2)58-30-15-12-27-54(58)57-40-38-52(43-61(57)63)65(62-42-48(44-19-6-3-7-20-44)35-39-53(62)46-21-8-4-9-22-46)51-36-33-45(34-37-51)47-23-18-26-50(41-47)64(49-24-10-5-11-25-49)59-31-16-13-28-55(59)56-29-14-17-32-60(56)64/h3-43H,1-2H3. The molecule has 12 rings (SSSR count). The van der Waals surface area contributed by atoms with E-state index in [4.69, 9.17) is 0 Å². The van der Waals surface area contributed by atoms with Crippen LogP contribution in [-0.2, 0) is 10.8 Å². The third-order valence-corrected chi connectivity index (χ3v) is 14.2. The van der Waals surface area contributed by atoms with Crippen LogP contribution in [0.4, 0.5) is 17.1 Å². The molecule has 0 amide bonds. The van der Waals surface area contributed by atoms with E-state index in [1.807, 2.05) is 0 Å². The summed E-state index contributed by atoms with van der Waals surface area (Å²) in [6.07, 6.45) is 0. The van der Waals surface area contributed by atoms with Crippen LogP contribution in [0.15, 0.2) is 249 Å². The second-order valence-corrected chi connectivity index (χ2v) is 18.0. The van der Waals surface area contributed by atoms with Crippen molar-refractivity contribution in [3.8, 4) is 55.6 Å². The molecule has 2 aliphatic rings. The molecule has 0 bridgehead atoms. The van der Waals surface area contributed by atoms with Crippen molar-refractivity contribution in [3.05, 3.63) is 282 Å². The average molecular weight is 830 g/mol. The molecule has 0 spiro atoms. The van der Waals surface area contributed by atoms with Gasteiger partial charge < -0.3 is 4.90 Å². The minimum atomic E-state index is -0.459. The summed E-state index contributed by atoms with van der Waals surface area (Å²) in [4.78, 5) is 2.48. The van der Waals surface area contributed by atoms with Crippen molar-refractivity contribution in [1.29, 1.82) is 0 Å². The van der Waals surface area contributed by atoms with Crippen LogP contribution in [0.3, 0.4) is 0 Å². The van der Waals surface area contributed by atoms with Gasteiger partial charge in [-0.25, -0.2) is 0 Å². The summed E-state index contributed by atoms with van der Waals surface area (Å²) in [5.74, 6) is 0. The Morgan fingerprint density at radius 1 is 0.277 bits per heavy atom. The van der Waals surface area contributed by atoms with E-state index < -0.39 is 5.41 Å². The van der Waals surface area contributed by atoms with Crippen molar-refractivity contribution >= 4 is 17.1 Å². The van der Waals surface area contributed by atoms with E-state index in [2.05, 4.69) is 267 Å². The first-order chi connectivity index (χ1) is 32.0. The van der Waals surface area contributed by atoms with Gasteiger partial charge in [0.2, 0.25) is 0 Å². The number of rotatable bonds is 8. The highest BCUT2D eigenvalue weighted by Gasteiger charge is 2.46. The molecule has 2 aliphatic carbocycles. The zero-order valence-corrected chi connectivity index (χ0v) is 36.6. The van der Waals surface area contributed by atoms with E-state index in [1.54, 1.807) is 0 Å². The van der Waals surface area contributed by atoms with Crippen LogP contribution in [-0.4, -0.2) is 0 Å². The first kappa shape index (κ1) is 38.7. The fourth-order valence-electron chi connectivity index (χ4n) is 11.1. The fourth-order valence-corrected chi connectivity index (χ4v) is 11.1. The zero-order valence-electron chi connectivity index (χ0n) is 36.6. The molecule has 0 heterocycles. The molecule has 0 radical (unpaired) electrons. The van der Waals surface area contributed by atoms with E-state index >= 15 is 0 Å². The van der Waals surface area contributed by atoms with Crippen LogP contribution in [0, 0.1) is 0 Å². The number of benzene rings is 10. The highest BCUT2D eigenvalue weighted by molar-refractivity contribution is 5.93. The fraction of sp³-hybridized carbons (Fsp3) is 0.0625. The van der Waals surface area contributed by atoms with Crippen LogP contribution in [0.25, 0.3) is 55.6 Å². The summed E-state index contributed by atoms with van der Waals surface area (Å²) in [5, 5.41) is 0. The summed E-state index contributed by atoms with van der Waals surface area (Å²) in [6.45, 7) is 4.73. The lowest BCUT2D eigenvalue weighted by Crippen LogP contribution is -2.28. The molecule has 0 saturated carbocycles. The monoisotopic (exact) mass is 829 g/mol. The van der Waals surface area contributed by atoms with Gasteiger partial charge in [0.05, 0.1) is 11.1 Å². The van der Waals surface area contributed by atoms with Gasteiger partial charge >= 0.3 is 0 Å². The number of nitrogens with zero attached hydrogens (tertiary/aromatic N) is 1. The second-order valence-electron chi connectivity index (χ2n) is 18.0. The van der Waals surface area contributed by atoms with Gasteiger partial charge in [0.15, 0.2) is 0 Å². The first-order valence-electron chi connectivity index (χ1n) is 22.8. The summed E-state index contributed by atoms with van der Waals surface area (Å²) in [7, 11) is 0. The van der Waals surface area contributed by atoms with Crippen molar-refractivity contribution in [3.63, 3.8) is 0 Å². The molecule has 10 aromatic rings. The van der Waals surface area contributed by atoms with E-state index in [-0.39, 0.29) is 5.41 Å². The summed E-state index contributed by atoms with van der Waals surface area (Å²) >= 11 is 0. The third-order valence-electron chi connectivity index (χ3n) is 14.2. The maximum absolute atomic E-state index is 2.48. The maximum atomic E-state index is 2.48. The van der Waals surface area contributed by atoms with Crippen molar-refractivity contribution < 1.29 is 0 Å². The summed E-state index contributed by atoms with van der Waals surface area (Å²) in [6, 6.07) is 92.0. The highest BCUT2D eigenvalue weighted by atomic mass is 15.1. The molecule has 0 fully saturated rings. The van der Waals surface area contributed by atoms with Gasteiger partial charge in [-0.15, -0.1) is 0 Å². The van der Waals surface area contributed by atoms with Crippen molar-refractivity contribution in [2.75, 3.05) is 4.90 Å². The maximum Gasteiger partial charge on any atom is 0.0713 e. The quantitative estimate of drug-likeness (QED) is 0.147. The third kappa shape index (κ3) is 6.15. The molecule has 0 N–H and O–H groups in total. The lowest BCUT2D eigenvalue weighted by atomic mass is 9.67. The molecule has 10 aromatic carbocycles. The molecule has 0 unspecified atom stereocenters. The summed E-state index contributed by atoms with van der Waals surface area (Å²) < 4.78 is 0. The largest absolute Gasteiger partial charge is 0.310 e. The Kier molecular flexibility index (Phi) is 9.14. The van der Waals surface area contributed by atoms with Crippen molar-refractivity contribution in [1.82, 2.24) is 0 Å². The van der Waals surface area contributed by atoms with Gasteiger partial charge in [-0.1, -0.05) is 226 Å². The highest BCUT2D eigenvalue weighted by Crippen LogP contribution is 2.57. The smallest absolute Gasteiger partial charge is 0.0713 e. The van der Waals surface area contributed by atoms with Crippen molar-refractivity contribution in [2.45, 2.75) is 24.7 Å². The van der Waals surface area contributed by atoms with Gasteiger partial charge in [-0.3, -0.25) is 0 Å². The molecule has 0 atom stereocenters. The van der Waals surface area contributed by atoms with Gasteiger partial charge in [0.25, 0.3) is 0 Å². The Balaban J connectivity index is 1.03. The lowest BCUT2D eigenvalue weighted by Gasteiger charge is -2.34. The Bertz CT molecular complexity index is 3340. The Morgan fingerprint density at radius 2 is 0.723 bits per heavy atom. The van der Waals surface area contributed by atoms with Gasteiger partial charge in [-0.2, -0.15) is 0 Å². The molecule has 1 nitrogen and oxygen atoms in total. The first-order valence-corrected chi connectivity index (χ1v) is 22.8. The predicted octanol–water partition coefficient (Wildman–Crippen LogP) is 16.8. The molecule has 65 heavy (non-hydrogen) atoms. The number of hydrogen-bond donors (Lipinski definition) is 0. The van der Waals surface area contributed by atoms with E-state index in [0.29, 0.717) is 0 Å². The minimum Gasteiger partial charge on any atom is -0.310 e. The van der Waals surface area contributed by atoms with Crippen LogP contribution < -0.4 is 4.90 Å². The zero-order chi connectivity index (χ0) is 43.5. The van der Waals surface area contributed by atoms with Crippen LogP contribution in [0.1, 0.15) is 47.2 Å². The SMILES string of the molecule is CC1(C)c2ccccc2-c2ccc(N(c3ccc(-c4cccc(C5(c6ccccc6)c6ccccc6-c6ccccc65)c4)cc3)c3cc(-c4ccccc4)ccc3-c3ccccc3)cc21. The van der Waals surface area contributed by atoms with Crippen LogP contribution >= 0.6 is 0 Å². The van der Waals surface area contributed by atoms with Gasteiger partial charge in [0, 0.05) is 22.4 Å². The molecule has 1 heteroatoms. The van der Waals surface area contributed by atoms with Crippen molar-refractivity contribution in [2.24, 2.45) is 0 Å². The van der Waals surface area contributed by atoms with Crippen LogP contribution in [0.5, 0.6) is 0 Å².